The van der Waals surface area contributed by atoms with Crippen molar-refractivity contribution in [2.45, 2.75) is 79.6 Å². The van der Waals surface area contributed by atoms with Crippen molar-refractivity contribution in [3.63, 3.8) is 0 Å². The lowest BCUT2D eigenvalue weighted by Gasteiger charge is -2.22. The summed E-state index contributed by atoms with van der Waals surface area (Å²) >= 11 is 6.25. The van der Waals surface area contributed by atoms with Crippen molar-refractivity contribution in [1.29, 1.82) is 0 Å². The van der Waals surface area contributed by atoms with Gasteiger partial charge in [-0.2, -0.15) is 0 Å². The number of benzene rings is 2. The summed E-state index contributed by atoms with van der Waals surface area (Å²) in [5.74, 6) is 0.675. The van der Waals surface area contributed by atoms with Crippen molar-refractivity contribution in [2.75, 3.05) is 0 Å². The maximum atomic E-state index is 12.1. The minimum atomic E-state index is -0.186. The zero-order valence-corrected chi connectivity index (χ0v) is 21.6. The quantitative estimate of drug-likeness (QED) is 0.308. The summed E-state index contributed by atoms with van der Waals surface area (Å²) in [6.07, 6.45) is 9.11. The third kappa shape index (κ3) is 6.44. The van der Waals surface area contributed by atoms with Crippen LogP contribution in [0.1, 0.15) is 82.1 Å². The zero-order chi connectivity index (χ0) is 24.0. The molecule has 1 aliphatic heterocycles. The van der Waals surface area contributed by atoms with Crippen LogP contribution in [-0.2, 0) is 17.6 Å². The lowest BCUT2D eigenvalue weighted by molar-refractivity contribution is -0.127. The summed E-state index contributed by atoms with van der Waals surface area (Å²) < 4.78 is 0. The number of hydrogen-bond donors (Lipinski definition) is 0. The third-order valence-corrected chi connectivity index (χ3v) is 7.53. The molecule has 0 saturated heterocycles. The molecule has 2 aromatic carbocycles. The van der Waals surface area contributed by atoms with Crippen molar-refractivity contribution in [1.82, 2.24) is 0 Å². The molecule has 1 atom stereocenters. The van der Waals surface area contributed by atoms with E-state index in [9.17, 15) is 4.79 Å². The van der Waals surface area contributed by atoms with E-state index in [0.717, 1.165) is 60.4 Å². The van der Waals surface area contributed by atoms with E-state index in [1.807, 2.05) is 26.1 Å². The minimum Gasteiger partial charge on any atom is -0.299 e. The number of carbonyl (C=O) groups is 1. The molecule has 0 bridgehead atoms. The van der Waals surface area contributed by atoms with Gasteiger partial charge in [-0.1, -0.05) is 75.5 Å². The Labute approximate surface area is 205 Å². The first kappa shape index (κ1) is 25.4. The second-order valence-electron chi connectivity index (χ2n) is 10.1. The maximum Gasteiger partial charge on any atom is 0.138 e. The van der Waals surface area contributed by atoms with E-state index in [2.05, 4.69) is 57.2 Å². The summed E-state index contributed by atoms with van der Waals surface area (Å²) in [6.45, 7) is 10.4. The topological polar surface area (TPSA) is 29.4 Å². The molecule has 3 rings (SSSR count). The average Bonchev–Trinajstić information content (AvgIpc) is 3.15. The van der Waals surface area contributed by atoms with Crippen molar-refractivity contribution < 1.29 is 4.79 Å². The molecule has 0 amide bonds. The Hall–Kier alpha value is -2.19. The number of Topliss-reactive ketones (excluding diaryl/α,β-unsaturated/α-hetero) is 1. The highest BCUT2D eigenvalue weighted by Crippen LogP contribution is 2.31. The van der Waals surface area contributed by atoms with Crippen molar-refractivity contribution in [3.8, 4) is 0 Å². The van der Waals surface area contributed by atoms with Crippen LogP contribution in [0, 0.1) is 18.3 Å². The van der Waals surface area contributed by atoms with Crippen LogP contribution in [0.15, 0.2) is 59.2 Å². The Kier molecular flexibility index (Phi) is 8.70. The molecule has 0 aromatic heterocycles. The van der Waals surface area contributed by atoms with Gasteiger partial charge < -0.3 is 0 Å². The number of aliphatic imine (C=N–C) groups is 1. The highest BCUT2D eigenvalue weighted by Gasteiger charge is 2.26. The fourth-order valence-corrected chi connectivity index (χ4v) is 4.92. The Morgan fingerprint density at radius 2 is 1.76 bits per heavy atom. The molecular weight excluding hydrogens is 426 g/mol. The largest absolute Gasteiger partial charge is 0.299 e. The fraction of sp³-hybridized carbons (Fsp3) is 0.467. The van der Waals surface area contributed by atoms with Gasteiger partial charge in [-0.25, -0.2) is 0 Å². The van der Waals surface area contributed by atoms with Gasteiger partial charge in [0, 0.05) is 29.0 Å². The molecule has 0 aliphatic carbocycles. The van der Waals surface area contributed by atoms with Crippen LogP contribution >= 0.6 is 11.6 Å². The van der Waals surface area contributed by atoms with Crippen LogP contribution in [0.3, 0.4) is 0 Å². The Balaban J connectivity index is 1.63. The number of carbonyl (C=O) groups excluding carboxylic acids is 1. The van der Waals surface area contributed by atoms with Gasteiger partial charge in [-0.05, 0) is 79.5 Å². The van der Waals surface area contributed by atoms with Gasteiger partial charge in [0.15, 0.2) is 0 Å². The van der Waals surface area contributed by atoms with Crippen LogP contribution in [-0.4, -0.2) is 11.5 Å². The van der Waals surface area contributed by atoms with Crippen LogP contribution in [0.5, 0.6) is 0 Å². The van der Waals surface area contributed by atoms with Crippen LogP contribution in [0.4, 0.5) is 0 Å². The molecule has 0 fully saturated rings. The summed E-state index contributed by atoms with van der Waals surface area (Å²) in [7, 11) is 0. The number of hydrogen-bond acceptors (Lipinski definition) is 2. The number of allylic oxidation sites excluding steroid dienone is 1. The lowest BCUT2D eigenvalue weighted by atomic mass is 9.81. The van der Waals surface area contributed by atoms with Gasteiger partial charge in [0.1, 0.15) is 5.78 Å². The van der Waals surface area contributed by atoms with E-state index in [0.29, 0.717) is 18.1 Å². The molecule has 0 saturated carbocycles. The fourth-order valence-electron chi connectivity index (χ4n) is 4.80. The van der Waals surface area contributed by atoms with Gasteiger partial charge in [0.05, 0.1) is 5.71 Å². The number of rotatable bonds is 11. The number of nitrogens with zero attached hydrogens (tertiary/aromatic N) is 1. The summed E-state index contributed by atoms with van der Waals surface area (Å²) in [5.41, 5.74) is 7.38. The van der Waals surface area contributed by atoms with Gasteiger partial charge >= 0.3 is 0 Å². The second kappa shape index (κ2) is 11.3. The molecule has 0 N–H and O–H groups in total. The molecule has 1 heterocycles. The highest BCUT2D eigenvalue weighted by atomic mass is 35.5. The van der Waals surface area contributed by atoms with E-state index in [-0.39, 0.29) is 5.41 Å². The van der Waals surface area contributed by atoms with Crippen molar-refractivity contribution >= 4 is 23.1 Å². The van der Waals surface area contributed by atoms with E-state index in [1.54, 1.807) is 0 Å². The van der Waals surface area contributed by atoms with Gasteiger partial charge in [-0.15, -0.1) is 0 Å². The molecule has 3 heteroatoms. The predicted molar refractivity (Wildman–Crippen MR) is 141 cm³/mol. The number of ketones is 1. The van der Waals surface area contributed by atoms with Crippen molar-refractivity contribution in [3.05, 3.63) is 81.5 Å². The first-order valence-corrected chi connectivity index (χ1v) is 12.7. The molecule has 1 aliphatic rings. The van der Waals surface area contributed by atoms with Crippen molar-refractivity contribution in [2.24, 2.45) is 16.3 Å². The number of halogens is 1. The normalized spacial score (nSPS) is 16.0. The van der Waals surface area contributed by atoms with Gasteiger partial charge in [0.25, 0.3) is 0 Å². The molecule has 33 heavy (non-hydrogen) atoms. The number of unbranched alkanes of at least 4 members (excludes halogenated alkanes) is 2. The van der Waals surface area contributed by atoms with Gasteiger partial charge in [-0.3, -0.25) is 9.79 Å². The SMILES string of the molecule is CCC(=O)C(C)(C)CCCCCc1ccccc1CC1C(C)=CN=C1c1ccc(Cl)c(C)c1. The Morgan fingerprint density at radius 3 is 2.45 bits per heavy atom. The third-order valence-electron chi connectivity index (χ3n) is 7.11. The molecule has 0 radical (unpaired) electrons. The lowest BCUT2D eigenvalue weighted by Crippen LogP contribution is -2.23. The molecular formula is C30H38ClNO. The molecule has 2 aromatic rings. The highest BCUT2D eigenvalue weighted by molar-refractivity contribution is 6.31. The average molecular weight is 464 g/mol. The number of aryl methyl sites for hydroxylation is 2. The predicted octanol–water partition coefficient (Wildman–Crippen LogP) is 8.32. The Bertz CT molecular complexity index is 1050. The molecule has 176 valence electrons. The van der Waals surface area contributed by atoms with E-state index in [4.69, 9.17) is 16.6 Å². The standard InChI is InChI=1S/C30H38ClNO/c1-6-28(33)30(4,5)17-11-7-8-12-23-13-9-10-14-24(23)19-26-22(3)20-32-29(26)25-15-16-27(31)21(2)18-25/h9-10,13-16,18,20,26H,6-8,11-12,17,19H2,1-5H3. The van der Waals surface area contributed by atoms with Crippen LogP contribution in [0.2, 0.25) is 5.02 Å². The molecule has 2 nitrogen and oxygen atoms in total. The zero-order valence-electron chi connectivity index (χ0n) is 20.9. The smallest absolute Gasteiger partial charge is 0.138 e. The van der Waals surface area contributed by atoms with E-state index in [1.165, 1.54) is 16.7 Å². The maximum absolute atomic E-state index is 12.1. The second-order valence-corrected chi connectivity index (χ2v) is 10.5. The monoisotopic (exact) mass is 463 g/mol. The summed E-state index contributed by atoms with van der Waals surface area (Å²) in [4.78, 5) is 16.9. The first-order valence-electron chi connectivity index (χ1n) is 12.3. The van der Waals surface area contributed by atoms with E-state index >= 15 is 0 Å². The first-order chi connectivity index (χ1) is 15.7. The molecule has 0 spiro atoms. The van der Waals surface area contributed by atoms with E-state index < -0.39 is 0 Å². The Morgan fingerprint density at radius 1 is 1.03 bits per heavy atom. The van der Waals surface area contributed by atoms with Gasteiger partial charge in [0.2, 0.25) is 0 Å². The van der Waals surface area contributed by atoms with Crippen LogP contribution in [0.25, 0.3) is 0 Å². The summed E-state index contributed by atoms with van der Waals surface area (Å²) in [6, 6.07) is 15.1. The summed E-state index contributed by atoms with van der Waals surface area (Å²) in [5, 5.41) is 0.798. The minimum absolute atomic E-state index is 0.186. The molecule has 1 unspecified atom stereocenters. The van der Waals surface area contributed by atoms with Crippen LogP contribution < -0.4 is 0 Å².